The summed E-state index contributed by atoms with van der Waals surface area (Å²) in [6.07, 6.45) is 4.84. The molecule has 2 nitrogen and oxygen atoms in total. The third-order valence-electron chi connectivity index (χ3n) is 3.06. The summed E-state index contributed by atoms with van der Waals surface area (Å²) in [6.45, 7) is 4.43. The number of hydrogen-bond acceptors (Lipinski definition) is 2. The van der Waals surface area contributed by atoms with Gasteiger partial charge in [-0.2, -0.15) is 0 Å². The van der Waals surface area contributed by atoms with Crippen molar-refractivity contribution in [1.29, 1.82) is 0 Å². The molecule has 2 rings (SSSR count). The molecule has 1 fully saturated rings. The van der Waals surface area contributed by atoms with Gasteiger partial charge < -0.3 is 4.98 Å². The molecule has 88 valence electrons. The van der Waals surface area contributed by atoms with Crippen LogP contribution < -0.4 is 0 Å². The Morgan fingerprint density at radius 2 is 2.19 bits per heavy atom. The van der Waals surface area contributed by atoms with Crippen LogP contribution in [0.25, 0.3) is 0 Å². The van der Waals surface area contributed by atoms with Gasteiger partial charge in [0.05, 0.1) is 4.47 Å². The molecule has 0 spiro atoms. The van der Waals surface area contributed by atoms with Gasteiger partial charge in [-0.25, -0.2) is 4.98 Å². The minimum Gasteiger partial charge on any atom is -0.346 e. The molecular weight excluding hydrogens is 284 g/mol. The zero-order valence-electron chi connectivity index (χ0n) is 9.72. The molecule has 0 aromatic carbocycles. The highest BCUT2D eigenvalue weighted by Gasteiger charge is 2.22. The average molecular weight is 301 g/mol. The van der Waals surface area contributed by atoms with Crippen LogP contribution in [0.5, 0.6) is 0 Å². The summed E-state index contributed by atoms with van der Waals surface area (Å²) >= 11 is 8.83. The largest absolute Gasteiger partial charge is 0.346 e. The second-order valence-electron chi connectivity index (χ2n) is 4.95. The molecule has 0 saturated heterocycles. The van der Waals surface area contributed by atoms with Crippen LogP contribution in [-0.2, 0) is 6.42 Å². The quantitative estimate of drug-likeness (QED) is 0.840. The topological polar surface area (TPSA) is 28.7 Å². The van der Waals surface area contributed by atoms with E-state index in [2.05, 4.69) is 39.7 Å². The molecule has 0 unspecified atom stereocenters. The molecule has 1 aromatic heterocycles. The highest BCUT2D eigenvalue weighted by molar-refractivity contribution is 9.10. The van der Waals surface area contributed by atoms with E-state index in [0.29, 0.717) is 16.5 Å². The van der Waals surface area contributed by atoms with Gasteiger partial charge in [-0.15, -0.1) is 0 Å². The number of aromatic amines is 1. The van der Waals surface area contributed by atoms with Crippen molar-refractivity contribution in [3.05, 3.63) is 20.6 Å². The Hall–Kier alpha value is -0.220. The average Bonchev–Trinajstić information content (AvgIpc) is 2.09. The predicted molar refractivity (Wildman–Crippen MR) is 72.3 cm³/mol. The van der Waals surface area contributed by atoms with Crippen LogP contribution in [0.1, 0.15) is 50.5 Å². The fourth-order valence-electron chi connectivity index (χ4n) is 1.95. The number of H-pyrrole nitrogens is 1. The first-order valence-electron chi connectivity index (χ1n) is 5.86. The molecule has 0 radical (unpaired) electrons. The molecule has 4 heteroatoms. The van der Waals surface area contributed by atoms with E-state index in [1.807, 2.05) is 0 Å². The van der Waals surface area contributed by atoms with Crippen molar-refractivity contribution in [1.82, 2.24) is 9.97 Å². The van der Waals surface area contributed by atoms with Gasteiger partial charge in [-0.3, -0.25) is 0 Å². The maximum atomic E-state index is 5.29. The van der Waals surface area contributed by atoms with Crippen LogP contribution in [0, 0.1) is 10.6 Å². The zero-order valence-corrected chi connectivity index (χ0v) is 12.1. The van der Waals surface area contributed by atoms with Crippen LogP contribution >= 0.6 is 28.1 Å². The van der Waals surface area contributed by atoms with Crippen molar-refractivity contribution >= 4 is 28.1 Å². The molecular formula is C12H17BrN2S. The monoisotopic (exact) mass is 300 g/mol. The Morgan fingerprint density at radius 3 is 2.69 bits per heavy atom. The summed E-state index contributed by atoms with van der Waals surface area (Å²) < 4.78 is 1.68. The van der Waals surface area contributed by atoms with Gasteiger partial charge in [-0.05, 0) is 41.1 Å². The Labute approximate surface area is 110 Å². The van der Waals surface area contributed by atoms with E-state index in [0.717, 1.165) is 16.7 Å². The summed E-state index contributed by atoms with van der Waals surface area (Å²) in [5.41, 5.74) is 1.21. The summed E-state index contributed by atoms with van der Waals surface area (Å²) in [5.74, 6) is 2.33. The Morgan fingerprint density at radius 1 is 1.50 bits per heavy atom. The van der Waals surface area contributed by atoms with Crippen LogP contribution in [0.15, 0.2) is 4.47 Å². The van der Waals surface area contributed by atoms with Gasteiger partial charge in [-0.1, -0.05) is 32.5 Å². The molecule has 0 bridgehead atoms. The highest BCUT2D eigenvalue weighted by Crippen LogP contribution is 2.35. The SMILES string of the molecule is CC(C)Cc1[nH]c(C2CCC2)nc(=S)c1Br. The van der Waals surface area contributed by atoms with Crippen molar-refractivity contribution in [3.8, 4) is 0 Å². The lowest BCUT2D eigenvalue weighted by Crippen LogP contribution is -2.14. The summed E-state index contributed by atoms with van der Waals surface area (Å²) in [5, 5.41) is 0. The summed E-state index contributed by atoms with van der Waals surface area (Å²) in [6, 6.07) is 0. The third kappa shape index (κ3) is 2.54. The van der Waals surface area contributed by atoms with Gasteiger partial charge in [0, 0.05) is 11.6 Å². The molecule has 1 aliphatic rings. The fraction of sp³-hybridized carbons (Fsp3) is 0.667. The van der Waals surface area contributed by atoms with Gasteiger partial charge in [0.25, 0.3) is 0 Å². The number of halogens is 1. The van der Waals surface area contributed by atoms with E-state index in [4.69, 9.17) is 12.2 Å². The molecule has 1 heterocycles. The molecule has 1 saturated carbocycles. The fourth-order valence-corrected chi connectivity index (χ4v) is 2.52. The zero-order chi connectivity index (χ0) is 11.7. The van der Waals surface area contributed by atoms with E-state index in [-0.39, 0.29) is 0 Å². The second-order valence-corrected chi connectivity index (χ2v) is 6.13. The maximum Gasteiger partial charge on any atom is 0.144 e. The first-order valence-corrected chi connectivity index (χ1v) is 7.06. The van der Waals surface area contributed by atoms with Crippen molar-refractivity contribution < 1.29 is 0 Å². The lowest BCUT2D eigenvalue weighted by molar-refractivity contribution is 0.399. The first kappa shape index (κ1) is 12.2. The smallest absolute Gasteiger partial charge is 0.144 e. The summed E-state index contributed by atoms with van der Waals surface area (Å²) in [7, 11) is 0. The van der Waals surface area contributed by atoms with Gasteiger partial charge in [0.1, 0.15) is 10.5 Å². The van der Waals surface area contributed by atoms with Crippen LogP contribution in [0.4, 0.5) is 0 Å². The van der Waals surface area contributed by atoms with E-state index in [9.17, 15) is 0 Å². The minimum absolute atomic E-state index is 0.612. The van der Waals surface area contributed by atoms with Gasteiger partial charge in [0.15, 0.2) is 0 Å². The summed E-state index contributed by atoms with van der Waals surface area (Å²) in [4.78, 5) is 7.94. The molecule has 1 N–H and O–H groups in total. The number of nitrogens with one attached hydrogen (secondary N) is 1. The number of rotatable bonds is 3. The molecule has 1 aliphatic carbocycles. The first-order chi connectivity index (χ1) is 7.58. The lowest BCUT2D eigenvalue weighted by atomic mass is 9.85. The highest BCUT2D eigenvalue weighted by atomic mass is 79.9. The van der Waals surface area contributed by atoms with E-state index in [1.165, 1.54) is 25.0 Å². The molecule has 16 heavy (non-hydrogen) atoms. The van der Waals surface area contributed by atoms with E-state index in [1.54, 1.807) is 0 Å². The Bertz CT molecular complexity index is 435. The molecule has 0 aliphatic heterocycles. The number of hydrogen-bond donors (Lipinski definition) is 1. The van der Waals surface area contributed by atoms with Gasteiger partial charge in [0.2, 0.25) is 0 Å². The van der Waals surface area contributed by atoms with Crippen molar-refractivity contribution in [2.75, 3.05) is 0 Å². The van der Waals surface area contributed by atoms with Gasteiger partial charge >= 0.3 is 0 Å². The lowest BCUT2D eigenvalue weighted by Gasteiger charge is -2.25. The number of nitrogens with zero attached hydrogens (tertiary/aromatic N) is 1. The van der Waals surface area contributed by atoms with E-state index >= 15 is 0 Å². The van der Waals surface area contributed by atoms with E-state index < -0.39 is 0 Å². The second kappa shape index (κ2) is 4.96. The Balaban J connectivity index is 2.34. The van der Waals surface area contributed by atoms with Crippen LogP contribution in [-0.4, -0.2) is 9.97 Å². The standard InChI is InChI=1S/C12H17BrN2S/c1-7(2)6-9-10(13)12(16)15-11(14-9)8-4-3-5-8/h7-8H,3-6H2,1-2H3,(H,14,15,16). The molecule has 1 aromatic rings. The van der Waals surface area contributed by atoms with Crippen LogP contribution in [0.3, 0.4) is 0 Å². The van der Waals surface area contributed by atoms with Crippen molar-refractivity contribution in [3.63, 3.8) is 0 Å². The normalized spacial score (nSPS) is 16.5. The predicted octanol–water partition coefficient (Wildman–Crippen LogP) is 4.37. The van der Waals surface area contributed by atoms with Crippen LogP contribution in [0.2, 0.25) is 0 Å². The third-order valence-corrected chi connectivity index (χ3v) is 4.47. The number of aromatic nitrogens is 2. The Kier molecular flexibility index (Phi) is 3.80. The van der Waals surface area contributed by atoms with Crippen molar-refractivity contribution in [2.24, 2.45) is 5.92 Å². The molecule has 0 amide bonds. The molecule has 0 atom stereocenters. The maximum absolute atomic E-state index is 5.29. The van der Waals surface area contributed by atoms with Crippen molar-refractivity contribution in [2.45, 2.75) is 45.4 Å². The minimum atomic E-state index is 0.612.